The first-order valence-corrected chi connectivity index (χ1v) is 11.6. The van der Waals surface area contributed by atoms with Gasteiger partial charge in [-0.3, -0.25) is 14.4 Å². The number of thiol groups is 1. The molecule has 0 heterocycles. The SMILES string of the molecule is CC(C)CC(NC(=O)C(CS)NC(=O)C(NC(=O)C(N)Cc1ccccc1)C(C)C)C(=O)O. The Kier molecular flexibility index (Phi) is 11.9. The largest absolute Gasteiger partial charge is 0.480 e. The highest BCUT2D eigenvalue weighted by molar-refractivity contribution is 7.80. The van der Waals surface area contributed by atoms with E-state index in [4.69, 9.17) is 5.73 Å². The fraction of sp³-hybridized carbons (Fsp3) is 0.565. The molecule has 4 atom stereocenters. The number of benzene rings is 1. The van der Waals surface area contributed by atoms with Gasteiger partial charge in [-0.15, -0.1) is 0 Å². The molecule has 1 aromatic rings. The van der Waals surface area contributed by atoms with Crippen molar-refractivity contribution in [3.63, 3.8) is 0 Å². The maximum absolute atomic E-state index is 12.9. The summed E-state index contributed by atoms with van der Waals surface area (Å²) in [5, 5.41) is 17.0. The van der Waals surface area contributed by atoms with Crippen molar-refractivity contribution in [2.24, 2.45) is 17.6 Å². The molecule has 0 fully saturated rings. The molecule has 6 N–H and O–H groups in total. The third-order valence-corrected chi connectivity index (χ3v) is 5.38. The molecule has 9 nitrogen and oxygen atoms in total. The zero-order valence-corrected chi connectivity index (χ0v) is 20.5. The second kappa shape index (κ2) is 13.8. The van der Waals surface area contributed by atoms with Gasteiger partial charge in [-0.1, -0.05) is 58.0 Å². The number of hydrogen-bond donors (Lipinski definition) is 6. The standard InChI is InChI=1S/C23H36N4O5S/c1-13(2)10-17(23(31)32)25-21(29)18(12-33)26-22(30)19(14(3)4)27-20(28)16(24)11-15-8-6-5-7-9-15/h5-9,13-14,16-19,33H,10-12,24H2,1-4H3,(H,25,29)(H,26,30)(H,27,28)(H,31,32). The molecule has 0 saturated carbocycles. The van der Waals surface area contributed by atoms with Crippen LogP contribution < -0.4 is 21.7 Å². The summed E-state index contributed by atoms with van der Waals surface area (Å²) < 4.78 is 0. The molecule has 1 aromatic carbocycles. The lowest BCUT2D eigenvalue weighted by Crippen LogP contribution is -2.59. The number of hydrogen-bond acceptors (Lipinski definition) is 6. The summed E-state index contributed by atoms with van der Waals surface area (Å²) in [7, 11) is 0. The molecule has 0 aromatic heterocycles. The fourth-order valence-electron chi connectivity index (χ4n) is 3.18. The number of carbonyl (C=O) groups is 4. The molecule has 1 rings (SSSR count). The first kappa shape index (κ1) is 28.4. The molecule has 0 saturated heterocycles. The molecule has 0 bridgehead atoms. The summed E-state index contributed by atoms with van der Waals surface area (Å²) >= 11 is 4.12. The van der Waals surface area contributed by atoms with Gasteiger partial charge in [0.2, 0.25) is 17.7 Å². The second-order valence-electron chi connectivity index (χ2n) is 8.80. The highest BCUT2D eigenvalue weighted by Gasteiger charge is 2.31. The maximum atomic E-state index is 12.9. The van der Waals surface area contributed by atoms with Gasteiger partial charge in [0.1, 0.15) is 18.1 Å². The van der Waals surface area contributed by atoms with E-state index in [-0.39, 0.29) is 24.0 Å². The van der Waals surface area contributed by atoms with Crippen molar-refractivity contribution in [1.82, 2.24) is 16.0 Å². The Morgan fingerprint density at radius 1 is 0.909 bits per heavy atom. The Bertz CT molecular complexity index is 803. The molecule has 0 aliphatic carbocycles. The first-order valence-electron chi connectivity index (χ1n) is 11.0. The van der Waals surface area contributed by atoms with Gasteiger partial charge in [0.15, 0.2) is 0 Å². The third kappa shape index (κ3) is 9.83. The number of rotatable bonds is 13. The molecule has 0 aliphatic heterocycles. The van der Waals surface area contributed by atoms with Crippen molar-refractivity contribution in [1.29, 1.82) is 0 Å². The van der Waals surface area contributed by atoms with Gasteiger partial charge in [0.25, 0.3) is 0 Å². The van der Waals surface area contributed by atoms with Crippen LogP contribution in [-0.2, 0) is 25.6 Å². The number of carboxylic acids is 1. The lowest BCUT2D eigenvalue weighted by atomic mass is 10.0. The van der Waals surface area contributed by atoms with Crippen LogP contribution in [0.3, 0.4) is 0 Å². The predicted octanol–water partition coefficient (Wildman–Crippen LogP) is 0.727. The van der Waals surface area contributed by atoms with Gasteiger partial charge in [-0.25, -0.2) is 4.79 Å². The Morgan fingerprint density at radius 2 is 1.48 bits per heavy atom. The van der Waals surface area contributed by atoms with Crippen LogP contribution in [0.4, 0.5) is 0 Å². The predicted molar refractivity (Wildman–Crippen MR) is 130 cm³/mol. The van der Waals surface area contributed by atoms with E-state index in [0.29, 0.717) is 6.42 Å². The summed E-state index contributed by atoms with van der Waals surface area (Å²) in [6.07, 6.45) is 0.561. The Balaban J connectivity index is 2.79. The van der Waals surface area contributed by atoms with E-state index < -0.39 is 47.9 Å². The molecule has 3 amide bonds. The molecule has 0 radical (unpaired) electrons. The van der Waals surface area contributed by atoms with Crippen LogP contribution in [0, 0.1) is 11.8 Å². The van der Waals surface area contributed by atoms with Crippen LogP contribution in [0.1, 0.15) is 39.7 Å². The number of aliphatic carboxylic acids is 1. The first-order chi connectivity index (χ1) is 15.5. The lowest BCUT2D eigenvalue weighted by Gasteiger charge is -2.26. The van der Waals surface area contributed by atoms with Crippen LogP contribution >= 0.6 is 12.6 Å². The summed E-state index contributed by atoms with van der Waals surface area (Å²) in [6.45, 7) is 7.20. The highest BCUT2D eigenvalue weighted by Crippen LogP contribution is 2.08. The van der Waals surface area contributed by atoms with Crippen LogP contribution in [0.25, 0.3) is 0 Å². The number of carboxylic acid groups (broad SMARTS) is 1. The smallest absolute Gasteiger partial charge is 0.326 e. The zero-order valence-electron chi connectivity index (χ0n) is 19.6. The number of nitrogens with two attached hydrogens (primary N) is 1. The van der Waals surface area contributed by atoms with Crippen LogP contribution in [0.15, 0.2) is 30.3 Å². The molecule has 33 heavy (non-hydrogen) atoms. The van der Waals surface area contributed by atoms with Gasteiger partial charge < -0.3 is 26.8 Å². The topological polar surface area (TPSA) is 151 Å². The van der Waals surface area contributed by atoms with E-state index in [9.17, 15) is 24.3 Å². The second-order valence-corrected chi connectivity index (χ2v) is 9.16. The Morgan fingerprint density at radius 3 is 1.97 bits per heavy atom. The van der Waals surface area contributed by atoms with E-state index in [1.807, 2.05) is 44.2 Å². The maximum Gasteiger partial charge on any atom is 0.326 e. The van der Waals surface area contributed by atoms with E-state index in [0.717, 1.165) is 5.56 Å². The summed E-state index contributed by atoms with van der Waals surface area (Å²) in [5.41, 5.74) is 6.92. The molecule has 4 unspecified atom stereocenters. The van der Waals surface area contributed by atoms with Gasteiger partial charge in [0.05, 0.1) is 6.04 Å². The molecular formula is C23H36N4O5S. The fourth-order valence-corrected chi connectivity index (χ4v) is 3.43. The average Bonchev–Trinajstić information content (AvgIpc) is 2.74. The van der Waals surface area contributed by atoms with E-state index in [1.54, 1.807) is 13.8 Å². The number of amides is 3. The van der Waals surface area contributed by atoms with Crippen LogP contribution in [-0.4, -0.2) is 58.7 Å². The van der Waals surface area contributed by atoms with Gasteiger partial charge in [-0.2, -0.15) is 12.6 Å². The minimum atomic E-state index is -1.15. The molecule has 10 heteroatoms. The van der Waals surface area contributed by atoms with Crippen molar-refractivity contribution < 1.29 is 24.3 Å². The quantitative estimate of drug-likeness (QED) is 0.229. The highest BCUT2D eigenvalue weighted by atomic mass is 32.1. The Labute approximate surface area is 200 Å². The van der Waals surface area contributed by atoms with Crippen LogP contribution in [0.2, 0.25) is 0 Å². The van der Waals surface area contributed by atoms with Crippen molar-refractivity contribution >= 4 is 36.3 Å². The van der Waals surface area contributed by atoms with Crippen LogP contribution in [0.5, 0.6) is 0 Å². The minimum Gasteiger partial charge on any atom is -0.480 e. The van der Waals surface area contributed by atoms with E-state index in [1.165, 1.54) is 0 Å². The van der Waals surface area contributed by atoms with E-state index in [2.05, 4.69) is 28.6 Å². The van der Waals surface area contributed by atoms with Crippen molar-refractivity contribution in [3.8, 4) is 0 Å². The summed E-state index contributed by atoms with van der Waals surface area (Å²) in [5.74, 6) is -3.14. The molecule has 0 spiro atoms. The molecular weight excluding hydrogens is 444 g/mol. The van der Waals surface area contributed by atoms with E-state index >= 15 is 0 Å². The van der Waals surface area contributed by atoms with Crippen molar-refractivity contribution in [2.75, 3.05) is 5.75 Å². The number of carbonyl (C=O) groups excluding carboxylic acids is 3. The molecule has 0 aliphatic rings. The Hall–Kier alpha value is -2.59. The third-order valence-electron chi connectivity index (χ3n) is 5.02. The normalized spacial score (nSPS) is 14.8. The zero-order chi connectivity index (χ0) is 25.1. The van der Waals surface area contributed by atoms with Crippen molar-refractivity contribution in [3.05, 3.63) is 35.9 Å². The number of nitrogens with one attached hydrogen (secondary N) is 3. The van der Waals surface area contributed by atoms with Crippen molar-refractivity contribution in [2.45, 2.75) is 64.7 Å². The molecule has 184 valence electrons. The lowest BCUT2D eigenvalue weighted by molar-refractivity contribution is -0.142. The van der Waals surface area contributed by atoms with Gasteiger partial charge in [-0.05, 0) is 30.2 Å². The summed E-state index contributed by atoms with van der Waals surface area (Å²) in [6, 6.07) is 5.37. The van der Waals surface area contributed by atoms with Gasteiger partial charge in [0, 0.05) is 5.75 Å². The summed E-state index contributed by atoms with van der Waals surface area (Å²) in [4.78, 5) is 49.5. The monoisotopic (exact) mass is 480 g/mol. The average molecular weight is 481 g/mol. The van der Waals surface area contributed by atoms with Gasteiger partial charge >= 0.3 is 5.97 Å². The minimum absolute atomic E-state index is 0.0438.